The Bertz CT molecular complexity index is 1190. The molecular formula is C30H40N2O6. The molecule has 206 valence electrons. The summed E-state index contributed by atoms with van der Waals surface area (Å²) in [4.78, 5) is 30.1. The number of aryl methyl sites for hydroxylation is 1. The number of likely N-dealkylation sites (tertiary alicyclic amines) is 1. The van der Waals surface area contributed by atoms with Crippen LogP contribution in [0.15, 0.2) is 42.0 Å². The Hall–Kier alpha value is -3.52. The molecule has 1 saturated heterocycles. The molecule has 0 saturated carbocycles. The Morgan fingerprint density at radius 2 is 1.82 bits per heavy atom. The summed E-state index contributed by atoms with van der Waals surface area (Å²) in [6.07, 6.45) is 0.900. The van der Waals surface area contributed by atoms with E-state index in [-0.39, 0.29) is 11.3 Å². The van der Waals surface area contributed by atoms with Gasteiger partial charge in [-0.05, 0) is 81.7 Å². The van der Waals surface area contributed by atoms with Gasteiger partial charge in [-0.1, -0.05) is 19.9 Å². The number of aliphatic hydroxyl groups excluding tert-OH is 1. The Balaban J connectivity index is 2.11. The Morgan fingerprint density at radius 1 is 1.08 bits per heavy atom. The van der Waals surface area contributed by atoms with Crippen molar-refractivity contribution in [2.45, 2.75) is 40.2 Å². The monoisotopic (exact) mass is 524 g/mol. The van der Waals surface area contributed by atoms with Crippen molar-refractivity contribution in [3.63, 3.8) is 0 Å². The predicted octanol–water partition coefficient (Wildman–Crippen LogP) is 4.81. The van der Waals surface area contributed by atoms with Gasteiger partial charge in [-0.15, -0.1) is 0 Å². The quantitative estimate of drug-likeness (QED) is 0.242. The Kier molecular flexibility index (Phi) is 9.80. The van der Waals surface area contributed by atoms with E-state index >= 15 is 0 Å². The van der Waals surface area contributed by atoms with Gasteiger partial charge in [0.1, 0.15) is 11.5 Å². The number of ketones is 1. The van der Waals surface area contributed by atoms with Crippen molar-refractivity contribution in [1.29, 1.82) is 0 Å². The van der Waals surface area contributed by atoms with Gasteiger partial charge in [0.25, 0.3) is 11.7 Å². The summed E-state index contributed by atoms with van der Waals surface area (Å²) in [6.45, 7) is 9.93. The summed E-state index contributed by atoms with van der Waals surface area (Å²) in [5, 5.41) is 11.5. The number of ether oxygens (including phenoxy) is 3. The molecule has 1 aliphatic heterocycles. The molecular weight excluding hydrogens is 484 g/mol. The van der Waals surface area contributed by atoms with E-state index in [0.29, 0.717) is 60.6 Å². The van der Waals surface area contributed by atoms with Gasteiger partial charge in [0.2, 0.25) is 0 Å². The molecule has 1 fully saturated rings. The van der Waals surface area contributed by atoms with E-state index in [9.17, 15) is 14.7 Å². The lowest BCUT2D eigenvalue weighted by Crippen LogP contribution is -2.35. The highest BCUT2D eigenvalue weighted by atomic mass is 16.5. The lowest BCUT2D eigenvalue weighted by Gasteiger charge is -2.27. The number of nitrogens with zero attached hydrogens (tertiary/aromatic N) is 2. The van der Waals surface area contributed by atoms with Crippen LogP contribution in [0.4, 0.5) is 0 Å². The van der Waals surface area contributed by atoms with Gasteiger partial charge < -0.3 is 29.1 Å². The van der Waals surface area contributed by atoms with Gasteiger partial charge in [0.05, 0.1) is 31.9 Å². The SMILES string of the molecule is CCOc1ccc(/C(O)=C2\C(=O)C(=O)N(CCN(C)C)C2c2ccc(OCCC(C)C)c(OC)c2)c(C)c1. The maximum absolute atomic E-state index is 13.4. The summed E-state index contributed by atoms with van der Waals surface area (Å²) in [6, 6.07) is 9.89. The molecule has 38 heavy (non-hydrogen) atoms. The van der Waals surface area contributed by atoms with E-state index in [4.69, 9.17) is 14.2 Å². The average Bonchev–Trinajstić information content (AvgIpc) is 3.12. The van der Waals surface area contributed by atoms with Gasteiger partial charge in [-0.3, -0.25) is 9.59 Å². The maximum atomic E-state index is 13.4. The number of likely N-dealkylation sites (N-methyl/N-ethyl adjacent to an activating group) is 1. The first-order chi connectivity index (χ1) is 18.1. The third-order valence-corrected chi connectivity index (χ3v) is 6.55. The van der Waals surface area contributed by atoms with E-state index in [0.717, 1.165) is 12.0 Å². The van der Waals surface area contributed by atoms with Crippen molar-refractivity contribution in [1.82, 2.24) is 9.80 Å². The van der Waals surface area contributed by atoms with Gasteiger partial charge >= 0.3 is 0 Å². The summed E-state index contributed by atoms with van der Waals surface area (Å²) < 4.78 is 17.1. The molecule has 2 aromatic carbocycles. The van der Waals surface area contributed by atoms with Crippen LogP contribution in [-0.4, -0.2) is 74.1 Å². The van der Waals surface area contributed by atoms with Gasteiger partial charge in [0, 0.05) is 18.7 Å². The topological polar surface area (TPSA) is 88.5 Å². The van der Waals surface area contributed by atoms with Crippen LogP contribution in [0.1, 0.15) is 49.9 Å². The van der Waals surface area contributed by atoms with Crippen LogP contribution in [-0.2, 0) is 9.59 Å². The number of rotatable bonds is 12. The highest BCUT2D eigenvalue weighted by molar-refractivity contribution is 6.46. The number of hydrogen-bond acceptors (Lipinski definition) is 7. The lowest BCUT2D eigenvalue weighted by atomic mass is 9.93. The number of aliphatic hydroxyl groups is 1. The Morgan fingerprint density at radius 3 is 2.42 bits per heavy atom. The molecule has 0 radical (unpaired) electrons. The molecule has 0 spiro atoms. The van der Waals surface area contributed by atoms with Gasteiger partial charge in [0.15, 0.2) is 11.5 Å². The highest BCUT2D eigenvalue weighted by Crippen LogP contribution is 2.42. The van der Waals surface area contributed by atoms with Crippen molar-refractivity contribution in [3.05, 3.63) is 58.7 Å². The van der Waals surface area contributed by atoms with Crippen LogP contribution in [0.3, 0.4) is 0 Å². The molecule has 2 aromatic rings. The van der Waals surface area contributed by atoms with E-state index in [1.54, 1.807) is 31.4 Å². The van der Waals surface area contributed by atoms with Crippen LogP contribution < -0.4 is 14.2 Å². The first-order valence-electron chi connectivity index (χ1n) is 13.1. The molecule has 1 amide bonds. The summed E-state index contributed by atoms with van der Waals surface area (Å²) in [7, 11) is 5.36. The van der Waals surface area contributed by atoms with E-state index in [2.05, 4.69) is 13.8 Å². The van der Waals surface area contributed by atoms with Crippen molar-refractivity contribution >= 4 is 17.4 Å². The zero-order valence-corrected chi connectivity index (χ0v) is 23.5. The number of methoxy groups -OCH3 is 1. The molecule has 1 N–H and O–H groups in total. The average molecular weight is 525 g/mol. The smallest absolute Gasteiger partial charge is 0.295 e. The predicted molar refractivity (Wildman–Crippen MR) is 148 cm³/mol. The van der Waals surface area contributed by atoms with Gasteiger partial charge in [-0.2, -0.15) is 0 Å². The number of hydrogen-bond donors (Lipinski definition) is 1. The molecule has 3 rings (SSSR count). The molecule has 0 bridgehead atoms. The van der Waals surface area contributed by atoms with E-state index in [1.807, 2.05) is 45.0 Å². The van der Waals surface area contributed by atoms with Crippen molar-refractivity contribution in [2.24, 2.45) is 5.92 Å². The standard InChI is InChI=1S/C30H40N2O6/c1-8-37-22-10-11-23(20(4)17-22)28(33)26-27(32(15-14-31(5)6)30(35)29(26)34)21-9-12-24(25(18-21)36-7)38-16-13-19(2)3/h9-12,17-19,27,33H,8,13-16H2,1-7H3/b28-26+. The van der Waals surface area contributed by atoms with Crippen LogP contribution in [0.25, 0.3) is 5.76 Å². The van der Waals surface area contributed by atoms with Crippen LogP contribution in [0, 0.1) is 12.8 Å². The first-order valence-corrected chi connectivity index (χ1v) is 13.1. The Labute approximate surface area is 225 Å². The van der Waals surface area contributed by atoms with Crippen LogP contribution >= 0.6 is 0 Å². The second-order valence-corrected chi connectivity index (χ2v) is 10.1. The van der Waals surface area contributed by atoms with E-state index in [1.165, 1.54) is 4.90 Å². The zero-order chi connectivity index (χ0) is 28.0. The fourth-order valence-corrected chi connectivity index (χ4v) is 4.45. The molecule has 0 aliphatic carbocycles. The van der Waals surface area contributed by atoms with Gasteiger partial charge in [-0.25, -0.2) is 0 Å². The molecule has 1 unspecified atom stereocenters. The molecule has 0 aromatic heterocycles. The molecule has 1 heterocycles. The number of benzene rings is 2. The summed E-state index contributed by atoms with van der Waals surface area (Å²) >= 11 is 0. The normalized spacial score (nSPS) is 17.0. The van der Waals surface area contributed by atoms with Crippen molar-refractivity contribution in [2.75, 3.05) is 47.5 Å². The molecule has 8 nitrogen and oxygen atoms in total. The second kappa shape index (κ2) is 12.8. The van der Waals surface area contributed by atoms with Crippen LogP contribution in [0.2, 0.25) is 0 Å². The summed E-state index contributed by atoms with van der Waals surface area (Å²) in [5.74, 6) is 0.697. The number of carbonyl (C=O) groups excluding carboxylic acids is 2. The van der Waals surface area contributed by atoms with E-state index < -0.39 is 17.7 Å². The fourth-order valence-electron chi connectivity index (χ4n) is 4.45. The minimum absolute atomic E-state index is 0.0524. The maximum Gasteiger partial charge on any atom is 0.295 e. The third-order valence-electron chi connectivity index (χ3n) is 6.55. The number of amides is 1. The molecule has 1 atom stereocenters. The fraction of sp³-hybridized carbons (Fsp3) is 0.467. The molecule has 1 aliphatic rings. The largest absolute Gasteiger partial charge is 0.507 e. The zero-order valence-electron chi connectivity index (χ0n) is 23.5. The molecule has 8 heteroatoms. The van der Waals surface area contributed by atoms with Crippen LogP contribution in [0.5, 0.6) is 17.2 Å². The second-order valence-electron chi connectivity index (χ2n) is 10.1. The van der Waals surface area contributed by atoms with Crippen molar-refractivity contribution in [3.8, 4) is 17.2 Å². The minimum atomic E-state index is -0.778. The first kappa shape index (κ1) is 29.0. The highest BCUT2D eigenvalue weighted by Gasteiger charge is 2.46. The lowest BCUT2D eigenvalue weighted by molar-refractivity contribution is -0.140. The minimum Gasteiger partial charge on any atom is -0.507 e. The number of carbonyl (C=O) groups is 2. The third kappa shape index (κ3) is 6.48. The van der Waals surface area contributed by atoms with Crippen molar-refractivity contribution < 1.29 is 28.9 Å². The number of Topliss-reactive ketones (excluding diaryl/α,β-unsaturated/α-hetero) is 1. The summed E-state index contributed by atoms with van der Waals surface area (Å²) in [5.41, 5.74) is 1.92.